The monoisotopic (exact) mass is 502 g/mol. The van der Waals surface area contributed by atoms with Crippen molar-refractivity contribution in [2.45, 2.75) is 65.6 Å². The number of pyridine rings is 1. The lowest BCUT2D eigenvalue weighted by molar-refractivity contribution is -0.146. The third kappa shape index (κ3) is 4.86. The number of benzene rings is 1. The smallest absolute Gasteiger partial charge is 0.308 e. The van der Waals surface area contributed by atoms with Crippen LogP contribution in [0.2, 0.25) is 0 Å². The lowest BCUT2D eigenvalue weighted by atomic mass is 9.80. The van der Waals surface area contributed by atoms with E-state index in [-0.39, 0.29) is 22.9 Å². The van der Waals surface area contributed by atoms with E-state index in [0.717, 1.165) is 42.5 Å². The highest BCUT2D eigenvalue weighted by molar-refractivity contribution is 5.91. The van der Waals surface area contributed by atoms with Gasteiger partial charge >= 0.3 is 5.97 Å². The molecule has 0 bridgehead atoms. The van der Waals surface area contributed by atoms with E-state index in [0.29, 0.717) is 30.8 Å². The second-order valence-corrected chi connectivity index (χ2v) is 11.5. The zero-order valence-electron chi connectivity index (χ0n) is 21.6. The van der Waals surface area contributed by atoms with Gasteiger partial charge in [-0.1, -0.05) is 39.7 Å². The van der Waals surface area contributed by atoms with Crippen molar-refractivity contribution in [2.24, 2.45) is 17.3 Å². The van der Waals surface area contributed by atoms with E-state index < -0.39 is 11.9 Å². The average Bonchev–Trinajstić information content (AvgIpc) is 3.43. The molecule has 2 aliphatic rings. The number of fused-ring (bicyclic) bond motifs is 2. The van der Waals surface area contributed by atoms with Gasteiger partial charge in [-0.25, -0.2) is 0 Å². The maximum absolute atomic E-state index is 12.8. The van der Waals surface area contributed by atoms with Crippen molar-refractivity contribution >= 4 is 28.4 Å². The zero-order valence-corrected chi connectivity index (χ0v) is 21.6. The molecule has 3 N–H and O–H groups in total. The number of nitrogens with one attached hydrogen (secondary N) is 2. The van der Waals surface area contributed by atoms with Gasteiger partial charge in [-0.15, -0.1) is 0 Å². The van der Waals surface area contributed by atoms with E-state index in [1.54, 1.807) is 6.20 Å². The van der Waals surface area contributed by atoms with Crippen molar-refractivity contribution in [2.75, 3.05) is 11.9 Å². The molecule has 194 valence electrons. The van der Waals surface area contributed by atoms with Crippen LogP contribution in [0.5, 0.6) is 0 Å². The van der Waals surface area contributed by atoms with Gasteiger partial charge in [0.25, 0.3) is 5.56 Å². The number of aromatic amines is 1. The van der Waals surface area contributed by atoms with Gasteiger partial charge in [0.1, 0.15) is 5.39 Å². The molecule has 1 fully saturated rings. The predicted molar refractivity (Wildman–Crippen MR) is 141 cm³/mol. The fourth-order valence-electron chi connectivity index (χ4n) is 5.78. The first-order valence-corrected chi connectivity index (χ1v) is 13.0. The Labute approximate surface area is 216 Å². The van der Waals surface area contributed by atoms with Crippen LogP contribution in [0.15, 0.2) is 35.3 Å². The summed E-state index contributed by atoms with van der Waals surface area (Å²) in [5, 5.41) is 28.1. The van der Waals surface area contributed by atoms with Crippen LogP contribution in [0.1, 0.15) is 63.6 Å². The fourth-order valence-corrected chi connectivity index (χ4v) is 5.78. The summed E-state index contributed by atoms with van der Waals surface area (Å²) >= 11 is 0. The summed E-state index contributed by atoms with van der Waals surface area (Å²) in [6.07, 6.45) is 5.41. The van der Waals surface area contributed by atoms with Crippen LogP contribution in [0, 0.1) is 28.6 Å². The van der Waals surface area contributed by atoms with Gasteiger partial charge in [0.15, 0.2) is 5.82 Å². The molecule has 9 heteroatoms. The molecule has 3 aromatic rings. The van der Waals surface area contributed by atoms with Gasteiger partial charge in [-0.3, -0.25) is 19.2 Å². The number of carboxylic acid groups (broad SMARTS) is 1. The maximum Gasteiger partial charge on any atom is 0.308 e. The Hall–Kier alpha value is -3.64. The molecule has 0 amide bonds. The maximum atomic E-state index is 12.8. The molecule has 1 aromatic carbocycles. The van der Waals surface area contributed by atoms with Crippen LogP contribution in [0.4, 0.5) is 11.5 Å². The Morgan fingerprint density at radius 2 is 2.00 bits per heavy atom. The third-order valence-corrected chi connectivity index (χ3v) is 7.88. The SMILES string of the molecule is CC(C)(C)C(CN1Cc2ccc(Nc3nn(C4CCCCC4C#N)c4cc[nH]c(=O)c34)cc2C1)C(=O)O. The molecule has 37 heavy (non-hydrogen) atoms. The van der Waals surface area contributed by atoms with Gasteiger partial charge in [0.05, 0.1) is 29.5 Å². The Bertz CT molecular complexity index is 1430. The van der Waals surface area contributed by atoms with Crippen molar-refractivity contribution in [1.29, 1.82) is 5.26 Å². The van der Waals surface area contributed by atoms with Crippen molar-refractivity contribution in [3.05, 3.63) is 51.9 Å². The normalized spacial score (nSPS) is 20.9. The molecule has 3 unspecified atom stereocenters. The lowest BCUT2D eigenvalue weighted by Gasteiger charge is -2.30. The minimum atomic E-state index is -0.768. The number of carbonyl (C=O) groups is 1. The van der Waals surface area contributed by atoms with Crippen molar-refractivity contribution in [1.82, 2.24) is 19.7 Å². The summed E-state index contributed by atoms with van der Waals surface area (Å²) in [6, 6.07) is 10.3. The molecular weight excluding hydrogens is 468 g/mol. The van der Waals surface area contributed by atoms with Crippen LogP contribution in [-0.4, -0.2) is 37.3 Å². The summed E-state index contributed by atoms with van der Waals surface area (Å²) < 4.78 is 1.87. The van der Waals surface area contributed by atoms with Gasteiger partial charge in [-0.2, -0.15) is 10.4 Å². The molecular formula is C28H34N6O3. The minimum absolute atomic E-state index is 0.0582. The van der Waals surface area contributed by atoms with E-state index in [9.17, 15) is 20.0 Å². The van der Waals surface area contributed by atoms with E-state index in [2.05, 4.69) is 33.4 Å². The second kappa shape index (κ2) is 9.67. The highest BCUT2D eigenvalue weighted by atomic mass is 16.4. The van der Waals surface area contributed by atoms with E-state index in [4.69, 9.17) is 5.10 Å². The van der Waals surface area contributed by atoms with Gasteiger partial charge in [0.2, 0.25) is 0 Å². The van der Waals surface area contributed by atoms with Crippen molar-refractivity contribution in [3.63, 3.8) is 0 Å². The highest BCUT2D eigenvalue weighted by Gasteiger charge is 2.34. The molecule has 3 heterocycles. The molecule has 5 rings (SSSR count). The fraction of sp³-hybridized carbons (Fsp3) is 0.500. The molecule has 0 radical (unpaired) electrons. The van der Waals surface area contributed by atoms with Crippen LogP contribution in [0.3, 0.4) is 0 Å². The molecule has 1 aliphatic carbocycles. The summed E-state index contributed by atoms with van der Waals surface area (Å²) in [5.74, 6) is -0.876. The van der Waals surface area contributed by atoms with Crippen LogP contribution in [-0.2, 0) is 17.9 Å². The van der Waals surface area contributed by atoms with Crippen molar-refractivity contribution < 1.29 is 9.90 Å². The van der Waals surface area contributed by atoms with Crippen molar-refractivity contribution in [3.8, 4) is 6.07 Å². The summed E-state index contributed by atoms with van der Waals surface area (Å²) in [7, 11) is 0. The predicted octanol–water partition coefficient (Wildman–Crippen LogP) is 4.79. The van der Waals surface area contributed by atoms with Crippen LogP contribution in [0.25, 0.3) is 10.9 Å². The number of aromatic nitrogens is 3. The van der Waals surface area contributed by atoms with Gasteiger partial charge in [0, 0.05) is 31.5 Å². The molecule has 3 atom stereocenters. The number of hydrogen-bond acceptors (Lipinski definition) is 6. The second-order valence-electron chi connectivity index (χ2n) is 11.5. The summed E-state index contributed by atoms with van der Waals surface area (Å²) in [6.45, 7) is 7.77. The number of rotatable bonds is 6. The number of nitriles is 1. The summed E-state index contributed by atoms with van der Waals surface area (Å²) in [4.78, 5) is 29.6. The molecule has 1 aliphatic heterocycles. The molecule has 9 nitrogen and oxygen atoms in total. The number of anilines is 2. The molecule has 1 saturated carbocycles. The Morgan fingerprint density at radius 1 is 1.24 bits per heavy atom. The van der Waals surface area contributed by atoms with Crippen LogP contribution < -0.4 is 10.9 Å². The number of aliphatic carboxylic acids is 1. The van der Waals surface area contributed by atoms with E-state index >= 15 is 0 Å². The largest absolute Gasteiger partial charge is 0.481 e. The Morgan fingerprint density at radius 3 is 2.73 bits per heavy atom. The Balaban J connectivity index is 1.41. The van der Waals surface area contributed by atoms with E-state index in [1.165, 1.54) is 5.56 Å². The first kappa shape index (κ1) is 25.0. The number of hydrogen-bond donors (Lipinski definition) is 3. The molecule has 2 aromatic heterocycles. The highest BCUT2D eigenvalue weighted by Crippen LogP contribution is 2.37. The van der Waals surface area contributed by atoms with Gasteiger partial charge in [-0.05, 0) is 47.6 Å². The standard InChI is InChI=1S/C28H34N6O3/c1-28(2,3)21(27(36)37)16-33-14-18-8-9-20(12-19(18)15-33)31-25-24-23(10-11-30-26(24)35)34(32-25)22-7-5-4-6-17(22)13-29/h8-12,17,21-22H,4-7,14-16H2,1-3H3,(H,30,35)(H,31,32)(H,36,37). The molecule has 0 saturated heterocycles. The zero-order chi connectivity index (χ0) is 26.3. The lowest BCUT2D eigenvalue weighted by Crippen LogP contribution is -2.38. The Kier molecular flexibility index (Phi) is 6.54. The molecule has 0 spiro atoms. The number of carboxylic acids is 1. The van der Waals surface area contributed by atoms with Gasteiger partial charge < -0.3 is 15.4 Å². The quantitative estimate of drug-likeness (QED) is 0.442. The topological polar surface area (TPSA) is 127 Å². The third-order valence-electron chi connectivity index (χ3n) is 7.88. The minimum Gasteiger partial charge on any atom is -0.481 e. The van der Waals surface area contributed by atoms with Crippen LogP contribution >= 0.6 is 0 Å². The number of H-pyrrole nitrogens is 1. The average molecular weight is 503 g/mol. The van der Waals surface area contributed by atoms with E-state index in [1.807, 2.05) is 37.6 Å². The number of nitrogens with zero attached hydrogens (tertiary/aromatic N) is 4. The first-order chi connectivity index (χ1) is 17.7. The summed E-state index contributed by atoms with van der Waals surface area (Å²) in [5.41, 5.74) is 3.32. The first-order valence-electron chi connectivity index (χ1n) is 13.0.